The normalized spacial score (nSPS) is 18.9. The summed E-state index contributed by atoms with van der Waals surface area (Å²) in [5, 5.41) is 14.5. The van der Waals surface area contributed by atoms with E-state index in [0.717, 1.165) is 11.4 Å². The third kappa shape index (κ3) is 1.29. The van der Waals surface area contributed by atoms with Gasteiger partial charge in [-0.3, -0.25) is 4.79 Å². The first kappa shape index (κ1) is 8.57. The predicted molar refractivity (Wildman–Crippen MR) is 52.9 cm³/mol. The van der Waals surface area contributed by atoms with Crippen LogP contribution in [0, 0.1) is 11.3 Å². The third-order valence-electron chi connectivity index (χ3n) is 2.17. The van der Waals surface area contributed by atoms with Gasteiger partial charge in [0, 0.05) is 0 Å². The average molecular weight is 187 g/mol. The summed E-state index contributed by atoms with van der Waals surface area (Å²) in [6, 6.07) is 6.93. The van der Waals surface area contributed by atoms with E-state index < -0.39 is 0 Å². The number of amides is 1. The monoisotopic (exact) mass is 187 g/mol. The van der Waals surface area contributed by atoms with Crippen LogP contribution in [0.5, 0.6) is 0 Å². The Morgan fingerprint density at radius 3 is 2.93 bits per heavy atom. The molecule has 0 saturated heterocycles. The number of rotatable bonds is 0. The average Bonchev–Trinajstić information content (AvgIpc) is 2.19. The van der Waals surface area contributed by atoms with Crippen molar-refractivity contribution in [3.05, 3.63) is 23.8 Å². The number of nitriles is 1. The summed E-state index contributed by atoms with van der Waals surface area (Å²) < 4.78 is 0. The zero-order chi connectivity index (χ0) is 10.1. The van der Waals surface area contributed by atoms with Gasteiger partial charge in [-0.05, 0) is 25.1 Å². The molecule has 1 amide bonds. The van der Waals surface area contributed by atoms with Crippen molar-refractivity contribution in [1.29, 1.82) is 5.26 Å². The third-order valence-corrected chi connectivity index (χ3v) is 2.17. The maximum absolute atomic E-state index is 11.3. The highest BCUT2D eigenvalue weighted by atomic mass is 16.2. The Morgan fingerprint density at radius 1 is 1.43 bits per heavy atom. The summed E-state index contributed by atoms with van der Waals surface area (Å²) >= 11 is 0. The van der Waals surface area contributed by atoms with Gasteiger partial charge >= 0.3 is 0 Å². The molecule has 1 aromatic rings. The molecule has 1 aromatic carbocycles. The van der Waals surface area contributed by atoms with Crippen LogP contribution in [-0.4, -0.2) is 11.9 Å². The topological polar surface area (TPSA) is 64.9 Å². The molecule has 1 atom stereocenters. The van der Waals surface area contributed by atoms with Crippen LogP contribution >= 0.6 is 0 Å². The number of anilines is 2. The molecule has 0 aromatic heterocycles. The smallest absolute Gasteiger partial charge is 0.246 e. The number of nitrogens with zero attached hydrogens (tertiary/aromatic N) is 1. The summed E-state index contributed by atoms with van der Waals surface area (Å²) in [4.78, 5) is 11.3. The van der Waals surface area contributed by atoms with Gasteiger partial charge in [0.15, 0.2) is 0 Å². The highest BCUT2D eigenvalue weighted by molar-refractivity contribution is 6.02. The van der Waals surface area contributed by atoms with E-state index in [2.05, 4.69) is 16.7 Å². The summed E-state index contributed by atoms with van der Waals surface area (Å²) in [6.45, 7) is 1.78. The fourth-order valence-corrected chi connectivity index (χ4v) is 1.38. The molecule has 1 unspecified atom stereocenters. The summed E-state index contributed by atoms with van der Waals surface area (Å²) in [5.41, 5.74) is 2.11. The van der Waals surface area contributed by atoms with Crippen molar-refractivity contribution in [2.45, 2.75) is 13.0 Å². The molecule has 1 aliphatic heterocycles. The van der Waals surface area contributed by atoms with E-state index in [0.29, 0.717) is 5.56 Å². The molecular formula is C10H9N3O. The Labute approximate surface area is 81.5 Å². The molecule has 2 N–H and O–H groups in total. The quantitative estimate of drug-likeness (QED) is 0.643. The molecule has 0 aliphatic carbocycles. The fraction of sp³-hybridized carbons (Fsp3) is 0.200. The van der Waals surface area contributed by atoms with E-state index in [9.17, 15) is 4.79 Å². The molecule has 0 bridgehead atoms. The number of nitrogens with one attached hydrogen (secondary N) is 2. The Balaban J connectivity index is 2.43. The minimum absolute atomic E-state index is 0.0535. The van der Waals surface area contributed by atoms with E-state index in [4.69, 9.17) is 5.26 Å². The number of carbonyl (C=O) groups is 1. The molecule has 1 aliphatic rings. The van der Waals surface area contributed by atoms with Crippen LogP contribution in [0.2, 0.25) is 0 Å². The predicted octanol–water partition coefficient (Wildman–Crippen LogP) is 1.31. The van der Waals surface area contributed by atoms with Gasteiger partial charge in [-0.15, -0.1) is 0 Å². The van der Waals surface area contributed by atoms with Crippen LogP contribution in [0.25, 0.3) is 0 Å². The SMILES string of the molecule is CC1Nc2cc(C#N)ccc2NC1=O. The molecule has 70 valence electrons. The van der Waals surface area contributed by atoms with Crippen LogP contribution in [-0.2, 0) is 4.79 Å². The zero-order valence-electron chi connectivity index (χ0n) is 7.66. The van der Waals surface area contributed by atoms with Crippen LogP contribution < -0.4 is 10.6 Å². The summed E-state index contributed by atoms with van der Waals surface area (Å²) in [6.07, 6.45) is 0. The van der Waals surface area contributed by atoms with Crippen molar-refractivity contribution >= 4 is 17.3 Å². The van der Waals surface area contributed by atoms with Crippen molar-refractivity contribution in [3.8, 4) is 6.07 Å². The van der Waals surface area contributed by atoms with Gasteiger partial charge in [0.2, 0.25) is 5.91 Å². The zero-order valence-corrected chi connectivity index (χ0v) is 7.66. The van der Waals surface area contributed by atoms with Crippen LogP contribution in [0.15, 0.2) is 18.2 Å². The number of carbonyl (C=O) groups excluding carboxylic acids is 1. The first-order chi connectivity index (χ1) is 6.70. The van der Waals surface area contributed by atoms with Crippen molar-refractivity contribution < 1.29 is 4.79 Å². The second-order valence-electron chi connectivity index (χ2n) is 3.23. The van der Waals surface area contributed by atoms with Crippen LogP contribution in [0.3, 0.4) is 0 Å². The molecule has 1 heterocycles. The second kappa shape index (κ2) is 3.04. The minimum Gasteiger partial charge on any atom is -0.372 e. The first-order valence-electron chi connectivity index (χ1n) is 4.32. The lowest BCUT2D eigenvalue weighted by Gasteiger charge is -2.24. The van der Waals surface area contributed by atoms with Crippen molar-refractivity contribution in [1.82, 2.24) is 0 Å². The lowest BCUT2D eigenvalue weighted by molar-refractivity contribution is -0.116. The lowest BCUT2D eigenvalue weighted by Crippen LogP contribution is -2.36. The largest absolute Gasteiger partial charge is 0.372 e. The molecule has 0 radical (unpaired) electrons. The molecule has 4 nitrogen and oxygen atoms in total. The van der Waals surface area contributed by atoms with Crippen LogP contribution in [0.4, 0.5) is 11.4 Å². The van der Waals surface area contributed by atoms with Gasteiger partial charge in [0.25, 0.3) is 0 Å². The van der Waals surface area contributed by atoms with Crippen LogP contribution in [0.1, 0.15) is 12.5 Å². The maximum atomic E-state index is 11.3. The van der Waals surface area contributed by atoms with Gasteiger partial charge in [0.1, 0.15) is 6.04 Å². The lowest BCUT2D eigenvalue weighted by atomic mass is 10.1. The van der Waals surface area contributed by atoms with E-state index >= 15 is 0 Å². The van der Waals surface area contributed by atoms with Gasteiger partial charge in [-0.1, -0.05) is 0 Å². The summed E-state index contributed by atoms with van der Waals surface area (Å²) in [7, 11) is 0. The van der Waals surface area contributed by atoms with Crippen molar-refractivity contribution in [2.75, 3.05) is 10.6 Å². The Hall–Kier alpha value is -2.02. The highest BCUT2D eigenvalue weighted by Gasteiger charge is 2.20. The van der Waals surface area contributed by atoms with Gasteiger partial charge in [0.05, 0.1) is 23.0 Å². The van der Waals surface area contributed by atoms with Gasteiger partial charge in [-0.2, -0.15) is 5.26 Å². The molecule has 0 saturated carbocycles. The second-order valence-corrected chi connectivity index (χ2v) is 3.23. The Kier molecular flexibility index (Phi) is 1.86. The maximum Gasteiger partial charge on any atom is 0.246 e. The van der Waals surface area contributed by atoms with Gasteiger partial charge < -0.3 is 10.6 Å². The van der Waals surface area contributed by atoms with E-state index in [1.165, 1.54) is 0 Å². The number of benzene rings is 1. The first-order valence-corrected chi connectivity index (χ1v) is 4.32. The molecular weight excluding hydrogens is 178 g/mol. The van der Waals surface area contributed by atoms with Crippen molar-refractivity contribution in [2.24, 2.45) is 0 Å². The van der Waals surface area contributed by atoms with E-state index in [1.807, 2.05) is 0 Å². The van der Waals surface area contributed by atoms with E-state index in [1.54, 1.807) is 25.1 Å². The number of hydrogen-bond acceptors (Lipinski definition) is 3. The number of fused-ring (bicyclic) bond motifs is 1. The van der Waals surface area contributed by atoms with Gasteiger partial charge in [-0.25, -0.2) is 0 Å². The highest BCUT2D eigenvalue weighted by Crippen LogP contribution is 2.27. The molecule has 14 heavy (non-hydrogen) atoms. The minimum atomic E-state index is -0.253. The van der Waals surface area contributed by atoms with E-state index in [-0.39, 0.29) is 11.9 Å². The fourth-order valence-electron chi connectivity index (χ4n) is 1.38. The molecule has 0 spiro atoms. The van der Waals surface area contributed by atoms with Crippen molar-refractivity contribution in [3.63, 3.8) is 0 Å². The Bertz CT molecular complexity index is 433. The standard InChI is InChI=1S/C10H9N3O/c1-6-10(14)13-8-3-2-7(5-11)4-9(8)12-6/h2-4,6,12H,1H3,(H,13,14). The Morgan fingerprint density at radius 2 is 2.21 bits per heavy atom. The molecule has 2 rings (SSSR count). The summed E-state index contributed by atoms with van der Waals surface area (Å²) in [5.74, 6) is -0.0535. The number of hydrogen-bond donors (Lipinski definition) is 2. The molecule has 4 heteroatoms. The molecule has 0 fully saturated rings.